The zero-order valence-electron chi connectivity index (χ0n) is 8.30. The van der Waals surface area contributed by atoms with Crippen LogP contribution in [0.15, 0.2) is 21.2 Å². The molecule has 1 atom stereocenters. The molecule has 0 amide bonds. The van der Waals surface area contributed by atoms with Crippen molar-refractivity contribution in [2.75, 3.05) is 6.54 Å². The zero-order valence-corrected chi connectivity index (χ0v) is 9.89. The van der Waals surface area contributed by atoms with Gasteiger partial charge in [0, 0.05) is 5.41 Å². The standard InChI is InChI=1S/C10H16BrNO/c1-7(6-12)10(2,3)8-4-5-9(11)13-8/h4-5,7H,6,12H2,1-3H3. The van der Waals surface area contributed by atoms with Crippen LogP contribution in [0.3, 0.4) is 0 Å². The lowest BCUT2D eigenvalue weighted by Gasteiger charge is -2.28. The van der Waals surface area contributed by atoms with E-state index in [4.69, 9.17) is 10.2 Å². The van der Waals surface area contributed by atoms with Gasteiger partial charge in [0.1, 0.15) is 5.76 Å². The van der Waals surface area contributed by atoms with E-state index in [1.54, 1.807) is 0 Å². The molecule has 2 nitrogen and oxygen atoms in total. The summed E-state index contributed by atoms with van der Waals surface area (Å²) in [6.07, 6.45) is 0. The van der Waals surface area contributed by atoms with Crippen LogP contribution in [-0.2, 0) is 5.41 Å². The molecule has 1 rings (SSSR count). The molecule has 0 radical (unpaired) electrons. The van der Waals surface area contributed by atoms with Gasteiger partial charge in [-0.05, 0) is 40.5 Å². The molecule has 1 aromatic rings. The molecule has 0 aliphatic carbocycles. The summed E-state index contributed by atoms with van der Waals surface area (Å²) in [4.78, 5) is 0. The summed E-state index contributed by atoms with van der Waals surface area (Å²) in [6, 6.07) is 3.91. The molecule has 74 valence electrons. The van der Waals surface area contributed by atoms with Crippen molar-refractivity contribution in [2.24, 2.45) is 11.7 Å². The fourth-order valence-electron chi connectivity index (χ4n) is 1.20. The fraction of sp³-hybridized carbons (Fsp3) is 0.600. The van der Waals surface area contributed by atoms with Crippen LogP contribution in [-0.4, -0.2) is 6.54 Å². The average Bonchev–Trinajstić information content (AvgIpc) is 2.50. The molecule has 1 unspecified atom stereocenters. The molecule has 2 N–H and O–H groups in total. The van der Waals surface area contributed by atoms with Gasteiger partial charge in [-0.1, -0.05) is 20.8 Å². The van der Waals surface area contributed by atoms with E-state index in [1.807, 2.05) is 12.1 Å². The predicted molar refractivity (Wildman–Crippen MR) is 57.7 cm³/mol. The Balaban J connectivity index is 2.92. The van der Waals surface area contributed by atoms with Gasteiger partial charge in [-0.2, -0.15) is 0 Å². The van der Waals surface area contributed by atoms with E-state index >= 15 is 0 Å². The molecule has 0 saturated heterocycles. The molecular formula is C10H16BrNO. The third kappa shape index (κ3) is 2.15. The van der Waals surface area contributed by atoms with Crippen molar-refractivity contribution >= 4 is 15.9 Å². The van der Waals surface area contributed by atoms with E-state index in [9.17, 15) is 0 Å². The number of halogens is 1. The van der Waals surface area contributed by atoms with Crippen molar-refractivity contribution in [3.8, 4) is 0 Å². The van der Waals surface area contributed by atoms with Crippen molar-refractivity contribution < 1.29 is 4.42 Å². The molecule has 0 aliphatic rings. The minimum absolute atomic E-state index is 0.000764. The van der Waals surface area contributed by atoms with Crippen LogP contribution in [0, 0.1) is 5.92 Å². The Kier molecular flexibility index (Phi) is 3.19. The molecule has 0 aromatic carbocycles. The van der Waals surface area contributed by atoms with Crippen LogP contribution >= 0.6 is 15.9 Å². The minimum atomic E-state index is 0.000764. The molecular weight excluding hydrogens is 230 g/mol. The number of furan rings is 1. The Morgan fingerprint density at radius 3 is 2.54 bits per heavy atom. The molecule has 13 heavy (non-hydrogen) atoms. The van der Waals surface area contributed by atoms with E-state index in [2.05, 4.69) is 36.7 Å². The van der Waals surface area contributed by atoms with Gasteiger partial charge in [0.2, 0.25) is 0 Å². The van der Waals surface area contributed by atoms with Gasteiger partial charge >= 0.3 is 0 Å². The first-order chi connectivity index (χ1) is 5.98. The number of nitrogens with two attached hydrogens (primary N) is 1. The summed E-state index contributed by atoms with van der Waals surface area (Å²) in [7, 11) is 0. The summed E-state index contributed by atoms with van der Waals surface area (Å²) in [5, 5.41) is 0. The average molecular weight is 246 g/mol. The van der Waals surface area contributed by atoms with Crippen LogP contribution in [0.1, 0.15) is 26.5 Å². The highest BCUT2D eigenvalue weighted by Crippen LogP contribution is 2.33. The fourth-order valence-corrected chi connectivity index (χ4v) is 1.50. The first-order valence-corrected chi connectivity index (χ1v) is 5.23. The zero-order chi connectivity index (χ0) is 10.1. The van der Waals surface area contributed by atoms with Crippen molar-refractivity contribution in [3.05, 3.63) is 22.6 Å². The van der Waals surface area contributed by atoms with Crippen LogP contribution in [0.5, 0.6) is 0 Å². The molecule has 0 fully saturated rings. The highest BCUT2D eigenvalue weighted by atomic mass is 79.9. The van der Waals surface area contributed by atoms with Crippen LogP contribution < -0.4 is 5.73 Å². The lowest BCUT2D eigenvalue weighted by Crippen LogP contribution is -2.31. The maximum Gasteiger partial charge on any atom is 0.169 e. The van der Waals surface area contributed by atoms with E-state index in [0.29, 0.717) is 12.5 Å². The quantitative estimate of drug-likeness (QED) is 0.890. The van der Waals surface area contributed by atoms with Gasteiger partial charge in [0.05, 0.1) is 0 Å². The van der Waals surface area contributed by atoms with Crippen molar-refractivity contribution in [1.82, 2.24) is 0 Å². The lowest BCUT2D eigenvalue weighted by molar-refractivity contribution is 0.284. The minimum Gasteiger partial charge on any atom is -0.454 e. The maximum absolute atomic E-state index is 5.65. The van der Waals surface area contributed by atoms with E-state index in [0.717, 1.165) is 10.4 Å². The van der Waals surface area contributed by atoms with Crippen LogP contribution in [0.25, 0.3) is 0 Å². The number of rotatable bonds is 3. The third-order valence-electron chi connectivity index (χ3n) is 2.79. The second-order valence-electron chi connectivity index (χ2n) is 3.96. The SMILES string of the molecule is CC(CN)C(C)(C)c1ccc(Br)o1. The Morgan fingerprint density at radius 2 is 2.15 bits per heavy atom. The smallest absolute Gasteiger partial charge is 0.169 e. The molecule has 0 saturated carbocycles. The maximum atomic E-state index is 5.65. The first kappa shape index (κ1) is 10.8. The van der Waals surface area contributed by atoms with Crippen LogP contribution in [0.4, 0.5) is 0 Å². The second kappa shape index (κ2) is 3.84. The van der Waals surface area contributed by atoms with Gasteiger partial charge < -0.3 is 10.2 Å². The van der Waals surface area contributed by atoms with Gasteiger partial charge in [0.25, 0.3) is 0 Å². The largest absolute Gasteiger partial charge is 0.454 e. The Labute approximate surface area is 87.6 Å². The Hall–Kier alpha value is -0.280. The predicted octanol–water partition coefficient (Wildman–Crippen LogP) is 2.91. The topological polar surface area (TPSA) is 39.2 Å². The van der Waals surface area contributed by atoms with E-state index in [1.165, 1.54) is 0 Å². The van der Waals surface area contributed by atoms with Crippen LogP contribution in [0.2, 0.25) is 0 Å². The van der Waals surface area contributed by atoms with E-state index in [-0.39, 0.29) is 5.41 Å². The van der Waals surface area contributed by atoms with Gasteiger partial charge in [-0.15, -0.1) is 0 Å². The number of hydrogen-bond acceptors (Lipinski definition) is 2. The van der Waals surface area contributed by atoms with Crippen molar-refractivity contribution in [2.45, 2.75) is 26.2 Å². The van der Waals surface area contributed by atoms with Crippen molar-refractivity contribution in [1.29, 1.82) is 0 Å². The molecule has 1 aromatic heterocycles. The summed E-state index contributed by atoms with van der Waals surface area (Å²) in [6.45, 7) is 7.10. The lowest BCUT2D eigenvalue weighted by atomic mass is 9.78. The second-order valence-corrected chi connectivity index (χ2v) is 4.74. The summed E-state index contributed by atoms with van der Waals surface area (Å²) < 4.78 is 6.31. The summed E-state index contributed by atoms with van der Waals surface area (Å²) >= 11 is 3.30. The highest BCUT2D eigenvalue weighted by Gasteiger charge is 2.29. The van der Waals surface area contributed by atoms with Gasteiger partial charge in [0.15, 0.2) is 4.67 Å². The normalized spacial score (nSPS) is 14.5. The van der Waals surface area contributed by atoms with Crippen molar-refractivity contribution in [3.63, 3.8) is 0 Å². The molecule has 3 heteroatoms. The summed E-state index contributed by atoms with van der Waals surface area (Å²) in [5.74, 6) is 1.39. The molecule has 1 heterocycles. The van der Waals surface area contributed by atoms with Gasteiger partial charge in [-0.25, -0.2) is 0 Å². The molecule has 0 spiro atoms. The summed E-state index contributed by atoms with van der Waals surface area (Å²) in [5.41, 5.74) is 5.65. The highest BCUT2D eigenvalue weighted by molar-refractivity contribution is 9.10. The third-order valence-corrected chi connectivity index (χ3v) is 3.22. The monoisotopic (exact) mass is 245 g/mol. The first-order valence-electron chi connectivity index (χ1n) is 4.44. The molecule has 0 aliphatic heterocycles. The van der Waals surface area contributed by atoms with Gasteiger partial charge in [-0.3, -0.25) is 0 Å². The number of hydrogen-bond donors (Lipinski definition) is 1. The Bertz CT molecular complexity index is 280. The Morgan fingerprint density at radius 1 is 1.54 bits per heavy atom. The molecule has 0 bridgehead atoms. The van der Waals surface area contributed by atoms with E-state index < -0.39 is 0 Å².